The summed E-state index contributed by atoms with van der Waals surface area (Å²) < 4.78 is 5.50. The van der Waals surface area contributed by atoms with E-state index in [-0.39, 0.29) is 5.97 Å². The SMILES string of the molecule is CCCCCCCCCCCc1noc(-c2ccc(CN(CCc3ccc(Cl)c(Cl)c3)OC(C)=O)cc2)n1. The molecular formula is C30H39Cl2N3O3. The minimum atomic E-state index is -0.360. The fourth-order valence-corrected chi connectivity index (χ4v) is 4.63. The normalized spacial score (nSPS) is 11.3. The number of rotatable bonds is 17. The van der Waals surface area contributed by atoms with E-state index < -0.39 is 0 Å². The highest BCUT2D eigenvalue weighted by atomic mass is 35.5. The van der Waals surface area contributed by atoms with Crippen LogP contribution in [0.3, 0.4) is 0 Å². The van der Waals surface area contributed by atoms with Crippen molar-refractivity contribution in [3.63, 3.8) is 0 Å². The van der Waals surface area contributed by atoms with Gasteiger partial charge in [0.1, 0.15) is 0 Å². The summed E-state index contributed by atoms with van der Waals surface area (Å²) in [7, 11) is 0. The molecule has 0 bridgehead atoms. The van der Waals surface area contributed by atoms with Crippen molar-refractivity contribution in [2.75, 3.05) is 6.54 Å². The van der Waals surface area contributed by atoms with Crippen LogP contribution in [0.15, 0.2) is 47.0 Å². The van der Waals surface area contributed by atoms with E-state index in [0.717, 1.165) is 35.4 Å². The Bertz CT molecular complexity index is 1120. The first kappa shape index (κ1) is 30.1. The highest BCUT2D eigenvalue weighted by Gasteiger charge is 2.13. The van der Waals surface area contributed by atoms with Gasteiger partial charge < -0.3 is 9.36 Å². The van der Waals surface area contributed by atoms with E-state index in [1.807, 2.05) is 36.4 Å². The molecule has 0 aliphatic carbocycles. The zero-order valence-corrected chi connectivity index (χ0v) is 24.1. The van der Waals surface area contributed by atoms with Gasteiger partial charge in [0, 0.05) is 25.5 Å². The molecule has 0 aliphatic rings. The maximum absolute atomic E-state index is 11.6. The second-order valence-corrected chi connectivity index (χ2v) is 10.6. The van der Waals surface area contributed by atoms with Gasteiger partial charge in [-0.3, -0.25) is 4.79 Å². The molecule has 1 aromatic heterocycles. The van der Waals surface area contributed by atoms with E-state index in [2.05, 4.69) is 17.1 Å². The molecule has 3 aromatic rings. The first-order valence-corrected chi connectivity index (χ1v) is 14.5. The Balaban J connectivity index is 1.45. The number of hydrogen-bond acceptors (Lipinski definition) is 6. The van der Waals surface area contributed by atoms with E-state index in [4.69, 9.17) is 32.6 Å². The summed E-state index contributed by atoms with van der Waals surface area (Å²) in [4.78, 5) is 21.6. The first-order chi connectivity index (χ1) is 18.4. The molecule has 3 rings (SSSR count). The molecule has 8 heteroatoms. The maximum Gasteiger partial charge on any atom is 0.322 e. The lowest BCUT2D eigenvalue weighted by Gasteiger charge is -2.20. The quantitative estimate of drug-likeness (QED) is 0.122. The average molecular weight is 561 g/mol. The van der Waals surface area contributed by atoms with Crippen LogP contribution in [-0.2, 0) is 29.0 Å². The summed E-state index contributed by atoms with van der Waals surface area (Å²) in [6, 6.07) is 13.4. The van der Waals surface area contributed by atoms with E-state index >= 15 is 0 Å². The lowest BCUT2D eigenvalue weighted by Crippen LogP contribution is -2.28. The Morgan fingerprint density at radius 3 is 2.18 bits per heavy atom. The number of carbonyl (C=O) groups is 1. The molecule has 0 saturated carbocycles. The van der Waals surface area contributed by atoms with Gasteiger partial charge in [0.15, 0.2) is 5.82 Å². The third-order valence-electron chi connectivity index (χ3n) is 6.42. The van der Waals surface area contributed by atoms with Crippen LogP contribution in [0.1, 0.15) is 88.6 Å². The summed E-state index contributed by atoms with van der Waals surface area (Å²) in [5.41, 5.74) is 2.88. The Kier molecular flexibility index (Phi) is 13.1. The Morgan fingerprint density at radius 2 is 1.53 bits per heavy atom. The van der Waals surface area contributed by atoms with Gasteiger partial charge in [-0.15, -0.1) is 5.06 Å². The number of hydroxylamine groups is 2. The van der Waals surface area contributed by atoms with Gasteiger partial charge in [-0.25, -0.2) is 0 Å². The molecule has 206 valence electrons. The highest BCUT2D eigenvalue weighted by Crippen LogP contribution is 2.23. The van der Waals surface area contributed by atoms with Gasteiger partial charge in [-0.1, -0.05) is 105 Å². The molecule has 0 fully saturated rings. The number of aromatic nitrogens is 2. The largest absolute Gasteiger partial charge is 0.368 e. The summed E-state index contributed by atoms with van der Waals surface area (Å²) in [6.45, 7) is 4.63. The van der Waals surface area contributed by atoms with Crippen LogP contribution in [0.25, 0.3) is 11.5 Å². The number of unbranched alkanes of at least 4 members (excludes halogenated alkanes) is 8. The summed E-state index contributed by atoms with van der Waals surface area (Å²) in [6.07, 6.45) is 13.1. The Labute approximate surface area is 236 Å². The van der Waals surface area contributed by atoms with Crippen LogP contribution < -0.4 is 0 Å². The third-order valence-corrected chi connectivity index (χ3v) is 7.16. The van der Waals surface area contributed by atoms with Crippen LogP contribution in [0, 0.1) is 0 Å². The van der Waals surface area contributed by atoms with Crippen molar-refractivity contribution in [1.29, 1.82) is 0 Å². The molecular weight excluding hydrogens is 521 g/mol. The first-order valence-electron chi connectivity index (χ1n) is 13.7. The van der Waals surface area contributed by atoms with E-state index in [9.17, 15) is 4.79 Å². The van der Waals surface area contributed by atoms with Gasteiger partial charge in [0.2, 0.25) is 0 Å². The molecule has 6 nitrogen and oxygen atoms in total. The monoisotopic (exact) mass is 559 g/mol. The molecule has 2 aromatic carbocycles. The zero-order chi connectivity index (χ0) is 27.2. The molecule has 0 amide bonds. The molecule has 0 atom stereocenters. The summed E-state index contributed by atoms with van der Waals surface area (Å²) in [5, 5.41) is 6.84. The van der Waals surface area contributed by atoms with Crippen molar-refractivity contribution in [3.05, 3.63) is 69.5 Å². The minimum absolute atomic E-state index is 0.360. The van der Waals surface area contributed by atoms with Crippen LogP contribution in [0.2, 0.25) is 10.0 Å². The summed E-state index contributed by atoms with van der Waals surface area (Å²) >= 11 is 12.1. The topological polar surface area (TPSA) is 68.5 Å². The molecule has 0 radical (unpaired) electrons. The molecule has 0 aliphatic heterocycles. The highest BCUT2D eigenvalue weighted by molar-refractivity contribution is 6.42. The number of halogens is 2. The lowest BCUT2D eigenvalue weighted by molar-refractivity contribution is -0.190. The molecule has 1 heterocycles. The van der Waals surface area contributed by atoms with Gasteiger partial charge in [0.05, 0.1) is 16.6 Å². The minimum Gasteiger partial charge on any atom is -0.368 e. The predicted molar refractivity (Wildman–Crippen MR) is 153 cm³/mol. The fraction of sp³-hybridized carbons (Fsp3) is 0.500. The van der Waals surface area contributed by atoms with Crippen LogP contribution in [0.4, 0.5) is 0 Å². The van der Waals surface area contributed by atoms with E-state index in [1.54, 1.807) is 11.1 Å². The molecule has 0 N–H and O–H groups in total. The van der Waals surface area contributed by atoms with Gasteiger partial charge >= 0.3 is 5.97 Å². The summed E-state index contributed by atoms with van der Waals surface area (Å²) in [5.74, 6) is 0.926. The molecule has 0 unspecified atom stereocenters. The number of carbonyl (C=O) groups excluding carboxylic acids is 1. The average Bonchev–Trinajstić information content (AvgIpc) is 3.37. The lowest BCUT2D eigenvalue weighted by atomic mass is 10.1. The van der Waals surface area contributed by atoms with Crippen molar-refractivity contribution < 1.29 is 14.2 Å². The van der Waals surface area contributed by atoms with Crippen molar-refractivity contribution >= 4 is 29.2 Å². The second-order valence-electron chi connectivity index (χ2n) is 9.74. The van der Waals surface area contributed by atoms with Crippen molar-refractivity contribution in [1.82, 2.24) is 15.2 Å². The van der Waals surface area contributed by atoms with Gasteiger partial charge in [-0.2, -0.15) is 4.98 Å². The Morgan fingerprint density at radius 1 is 0.868 bits per heavy atom. The zero-order valence-electron chi connectivity index (χ0n) is 22.6. The fourth-order valence-electron chi connectivity index (χ4n) is 4.31. The standard InChI is InChI=1S/C30H39Cl2N3O3/c1-3-4-5-6-7-8-9-10-11-12-29-33-30(37-34-29)26-16-13-25(14-17-26)22-35(38-23(2)36)20-19-24-15-18-27(31)28(32)21-24/h13-18,21H,3-12,19-20,22H2,1-2H3. The van der Waals surface area contributed by atoms with Gasteiger partial charge in [0.25, 0.3) is 5.89 Å². The van der Waals surface area contributed by atoms with Gasteiger partial charge in [-0.05, 0) is 48.2 Å². The number of nitrogens with zero attached hydrogens (tertiary/aromatic N) is 3. The molecule has 0 saturated heterocycles. The molecule has 0 spiro atoms. The van der Waals surface area contributed by atoms with E-state index in [1.165, 1.54) is 58.3 Å². The van der Waals surface area contributed by atoms with Crippen molar-refractivity contribution in [2.24, 2.45) is 0 Å². The number of aryl methyl sites for hydroxylation is 1. The second kappa shape index (κ2) is 16.5. The van der Waals surface area contributed by atoms with Crippen molar-refractivity contribution in [2.45, 2.75) is 91.0 Å². The van der Waals surface area contributed by atoms with Crippen LogP contribution in [-0.4, -0.2) is 27.7 Å². The number of benzene rings is 2. The van der Waals surface area contributed by atoms with Crippen molar-refractivity contribution in [3.8, 4) is 11.5 Å². The third kappa shape index (κ3) is 10.8. The maximum atomic E-state index is 11.6. The number of hydrogen-bond donors (Lipinski definition) is 0. The molecule has 38 heavy (non-hydrogen) atoms. The Hall–Kier alpha value is -2.41. The van der Waals surface area contributed by atoms with E-state index in [0.29, 0.717) is 35.4 Å². The predicted octanol–water partition coefficient (Wildman–Crippen LogP) is 8.64. The van der Waals surface area contributed by atoms with Crippen LogP contribution in [0.5, 0.6) is 0 Å². The smallest absolute Gasteiger partial charge is 0.322 e. The van der Waals surface area contributed by atoms with Crippen LogP contribution >= 0.6 is 23.2 Å².